The molecule has 1 saturated carbocycles. The van der Waals surface area contributed by atoms with Gasteiger partial charge in [0.25, 0.3) is 0 Å². The molecule has 4 heterocycles. The predicted octanol–water partition coefficient (Wildman–Crippen LogP) is 6.56. The molecule has 1 aliphatic carbocycles. The summed E-state index contributed by atoms with van der Waals surface area (Å²) in [6, 6.07) is 11.4. The zero-order chi connectivity index (χ0) is 35.0. The summed E-state index contributed by atoms with van der Waals surface area (Å²) in [7, 11) is 1.63. The van der Waals surface area contributed by atoms with Crippen molar-refractivity contribution < 1.29 is 18.8 Å². The highest BCUT2D eigenvalue weighted by molar-refractivity contribution is 6.30. The number of carbonyl (C=O) groups excluding carboxylic acids is 1. The van der Waals surface area contributed by atoms with Crippen molar-refractivity contribution in [1.29, 1.82) is 0 Å². The fourth-order valence-corrected chi connectivity index (χ4v) is 8.01. The summed E-state index contributed by atoms with van der Waals surface area (Å²) in [5.41, 5.74) is 3.19. The zero-order valence-corrected chi connectivity index (χ0v) is 29.8. The predicted molar refractivity (Wildman–Crippen MR) is 195 cm³/mol. The van der Waals surface area contributed by atoms with E-state index in [9.17, 15) is 9.18 Å². The minimum Gasteiger partial charge on any atom is -0.494 e. The Kier molecular flexibility index (Phi) is 9.89. The van der Waals surface area contributed by atoms with Crippen LogP contribution in [0.25, 0.3) is 0 Å². The van der Waals surface area contributed by atoms with Crippen molar-refractivity contribution in [2.45, 2.75) is 69.6 Å². The molecule has 1 amide bonds. The SMILES string of the molecule is C=CC(=O)Nc1cc(Nc2cc(N3OCCC3c3ccc(F)c(Cl)c3)ncn2)c(OC)cc1N1CCC(N2CCN(C3CC3)C(C)(C)C2)CC1. The second kappa shape index (κ2) is 14.3. The molecule has 0 spiro atoms. The van der Waals surface area contributed by atoms with Gasteiger partial charge in [0.15, 0.2) is 5.82 Å². The number of ether oxygens (including phenoxy) is 1. The van der Waals surface area contributed by atoms with Crippen LogP contribution in [-0.4, -0.2) is 89.7 Å². The molecule has 4 aliphatic rings. The maximum absolute atomic E-state index is 13.9. The molecule has 7 rings (SSSR count). The average molecular weight is 705 g/mol. The molecule has 4 fully saturated rings. The van der Waals surface area contributed by atoms with Gasteiger partial charge in [-0.3, -0.25) is 19.4 Å². The lowest BCUT2D eigenvalue weighted by molar-refractivity contribution is -0.111. The molecule has 2 N–H and O–H groups in total. The second-order valence-electron chi connectivity index (χ2n) is 14.2. The summed E-state index contributed by atoms with van der Waals surface area (Å²) in [5, 5.41) is 8.14. The van der Waals surface area contributed by atoms with E-state index in [1.165, 1.54) is 31.3 Å². The number of nitrogens with zero attached hydrogens (tertiary/aromatic N) is 6. The first-order valence-electron chi connectivity index (χ1n) is 17.5. The van der Waals surface area contributed by atoms with Gasteiger partial charge in [0.2, 0.25) is 5.91 Å². The summed E-state index contributed by atoms with van der Waals surface area (Å²) in [5.74, 6) is 0.869. The van der Waals surface area contributed by atoms with Gasteiger partial charge in [0.05, 0.1) is 41.8 Å². The number of methoxy groups -OCH3 is 1. The normalized spacial score (nSPS) is 21.7. The van der Waals surface area contributed by atoms with E-state index in [0.717, 1.165) is 62.9 Å². The van der Waals surface area contributed by atoms with Crippen LogP contribution in [0.4, 0.5) is 33.1 Å². The van der Waals surface area contributed by atoms with Crippen LogP contribution in [0.3, 0.4) is 0 Å². The quantitative estimate of drug-likeness (QED) is 0.226. The zero-order valence-electron chi connectivity index (χ0n) is 29.0. The number of halogens is 2. The molecule has 11 nitrogen and oxygen atoms in total. The lowest BCUT2D eigenvalue weighted by atomic mass is 9.94. The fraction of sp³-hybridized carbons (Fsp3) is 0.486. The van der Waals surface area contributed by atoms with E-state index in [0.29, 0.717) is 47.8 Å². The van der Waals surface area contributed by atoms with Crippen LogP contribution in [0.2, 0.25) is 5.02 Å². The van der Waals surface area contributed by atoms with Crippen LogP contribution in [0, 0.1) is 5.82 Å². The largest absolute Gasteiger partial charge is 0.494 e. The molecule has 2 aromatic carbocycles. The molecular formula is C37H46ClFN8O3. The molecule has 3 aliphatic heterocycles. The minimum absolute atomic E-state index is 0.0601. The van der Waals surface area contributed by atoms with Gasteiger partial charge >= 0.3 is 0 Å². The number of aromatic nitrogens is 2. The molecule has 13 heteroatoms. The third-order valence-corrected chi connectivity index (χ3v) is 10.7. The van der Waals surface area contributed by atoms with Gasteiger partial charge in [0, 0.05) is 68.9 Å². The second-order valence-corrected chi connectivity index (χ2v) is 14.6. The Hall–Kier alpha value is -3.97. The number of nitrogens with one attached hydrogen (secondary N) is 2. The van der Waals surface area contributed by atoms with Crippen molar-refractivity contribution >= 4 is 46.2 Å². The Bertz CT molecular complexity index is 1730. The molecule has 1 atom stereocenters. The lowest BCUT2D eigenvalue weighted by Crippen LogP contribution is -2.62. The highest BCUT2D eigenvalue weighted by Crippen LogP contribution is 2.42. The molecule has 0 radical (unpaired) electrons. The molecule has 3 aromatic rings. The van der Waals surface area contributed by atoms with E-state index in [1.54, 1.807) is 30.4 Å². The first-order chi connectivity index (χ1) is 24.1. The summed E-state index contributed by atoms with van der Waals surface area (Å²) >= 11 is 6.09. The van der Waals surface area contributed by atoms with Gasteiger partial charge in [-0.05, 0) is 69.4 Å². The van der Waals surface area contributed by atoms with Gasteiger partial charge in [-0.25, -0.2) is 19.4 Å². The summed E-state index contributed by atoms with van der Waals surface area (Å²) in [6.45, 7) is 14.0. The number of piperazine rings is 1. The highest BCUT2D eigenvalue weighted by Gasteiger charge is 2.43. The third-order valence-electron chi connectivity index (χ3n) is 10.4. The van der Waals surface area contributed by atoms with Crippen molar-refractivity contribution in [3.05, 3.63) is 71.8 Å². The Morgan fingerprint density at radius 3 is 2.54 bits per heavy atom. The van der Waals surface area contributed by atoms with Crippen molar-refractivity contribution in [2.75, 3.05) is 67.0 Å². The van der Waals surface area contributed by atoms with Crippen molar-refractivity contribution in [1.82, 2.24) is 19.8 Å². The molecule has 0 bridgehead atoms. The van der Waals surface area contributed by atoms with Gasteiger partial charge in [-0.2, -0.15) is 0 Å². The van der Waals surface area contributed by atoms with E-state index in [1.807, 2.05) is 12.1 Å². The Labute approximate surface area is 298 Å². The number of hydrogen-bond donors (Lipinski definition) is 2. The number of rotatable bonds is 10. The Morgan fingerprint density at radius 2 is 1.84 bits per heavy atom. The van der Waals surface area contributed by atoms with E-state index >= 15 is 0 Å². The Balaban J connectivity index is 1.08. The van der Waals surface area contributed by atoms with Gasteiger partial charge in [-0.1, -0.05) is 24.2 Å². The van der Waals surface area contributed by atoms with E-state index in [4.69, 9.17) is 21.2 Å². The van der Waals surface area contributed by atoms with Gasteiger partial charge < -0.3 is 20.3 Å². The molecule has 1 aromatic heterocycles. The molecular weight excluding hydrogens is 659 g/mol. The van der Waals surface area contributed by atoms with Crippen molar-refractivity contribution in [2.24, 2.45) is 0 Å². The number of hydroxylamine groups is 1. The number of benzene rings is 2. The Morgan fingerprint density at radius 1 is 1.04 bits per heavy atom. The average Bonchev–Trinajstić information content (AvgIpc) is 3.83. The molecule has 50 heavy (non-hydrogen) atoms. The minimum atomic E-state index is -0.468. The van der Waals surface area contributed by atoms with Crippen molar-refractivity contribution in [3.8, 4) is 5.75 Å². The van der Waals surface area contributed by atoms with Gasteiger partial charge in [-0.15, -0.1) is 0 Å². The summed E-state index contributed by atoms with van der Waals surface area (Å²) in [6.07, 6.45) is 8.18. The number of hydrogen-bond acceptors (Lipinski definition) is 10. The van der Waals surface area contributed by atoms with Crippen LogP contribution in [0.1, 0.15) is 57.6 Å². The fourth-order valence-electron chi connectivity index (χ4n) is 7.82. The van der Waals surface area contributed by atoms with Crippen LogP contribution in [-0.2, 0) is 9.63 Å². The first-order valence-corrected chi connectivity index (χ1v) is 17.9. The van der Waals surface area contributed by atoms with Gasteiger partial charge in [0.1, 0.15) is 23.7 Å². The lowest BCUT2D eigenvalue weighted by Gasteiger charge is -2.51. The summed E-state index contributed by atoms with van der Waals surface area (Å²) in [4.78, 5) is 35.2. The van der Waals surface area contributed by atoms with Crippen LogP contribution in [0.15, 0.2) is 55.4 Å². The highest BCUT2D eigenvalue weighted by atomic mass is 35.5. The smallest absolute Gasteiger partial charge is 0.247 e. The van der Waals surface area contributed by atoms with E-state index in [-0.39, 0.29) is 22.5 Å². The molecule has 1 unspecified atom stereocenters. The van der Waals surface area contributed by atoms with Crippen molar-refractivity contribution in [3.63, 3.8) is 0 Å². The maximum atomic E-state index is 13.9. The summed E-state index contributed by atoms with van der Waals surface area (Å²) < 4.78 is 19.7. The number of piperidine rings is 1. The van der Waals surface area contributed by atoms with E-state index in [2.05, 4.69) is 55.7 Å². The third kappa shape index (κ3) is 7.25. The van der Waals surface area contributed by atoms with E-state index < -0.39 is 5.82 Å². The monoisotopic (exact) mass is 704 g/mol. The van der Waals surface area contributed by atoms with Crippen LogP contribution >= 0.6 is 11.6 Å². The molecule has 3 saturated heterocycles. The topological polar surface area (TPSA) is 98.3 Å². The number of amides is 1. The first kappa shape index (κ1) is 34.5. The van der Waals surface area contributed by atoms with Crippen LogP contribution in [0.5, 0.6) is 5.75 Å². The standard InChI is InChI=1S/C37H46ClFN8O3/c1-5-36(48)43-29-19-30(42-34-21-35(41-23-40-34)47-31(12-17-50-47)24-6-9-28(39)27(38)18-24)33(49-4)20-32(29)44-13-10-25(11-14-44)45-15-16-46(26-7-8-26)37(2,3)22-45/h5-6,9,18-21,23,25-26,31H,1,7-8,10-17,22H2,2-4H3,(H,43,48)(H,40,41,42). The maximum Gasteiger partial charge on any atom is 0.247 e. The number of anilines is 5. The molecule has 266 valence electrons. The van der Waals surface area contributed by atoms with Crippen LogP contribution < -0.4 is 25.3 Å². The number of carbonyl (C=O) groups is 1.